The van der Waals surface area contributed by atoms with Crippen LogP contribution in [0.1, 0.15) is 50.9 Å². The van der Waals surface area contributed by atoms with E-state index in [1.54, 1.807) is 10.9 Å². The first-order valence-corrected chi connectivity index (χ1v) is 8.72. The Balaban J connectivity index is 0.00000100. The Labute approximate surface area is 142 Å². The molecule has 2 aromatic rings. The van der Waals surface area contributed by atoms with Crippen LogP contribution in [0.5, 0.6) is 0 Å². The molecular formula is C18H26N4O2. The molecule has 6 heteroatoms. The standard InChI is InChI=1S/C16H20N4O2.C2H6/c21-16(22)13-6-4-12(5-7-13)10-14-2-1-3-15(18-14)11-20-9-8-17-19-20;1-2/h1-3,8-9,12-13H,4-7,10-11H2,(H,21,22);1-2H3. The molecule has 24 heavy (non-hydrogen) atoms. The monoisotopic (exact) mass is 330 g/mol. The summed E-state index contributed by atoms with van der Waals surface area (Å²) in [6, 6.07) is 6.07. The minimum absolute atomic E-state index is 0.150. The molecule has 0 saturated heterocycles. The number of carbonyl (C=O) groups is 1. The van der Waals surface area contributed by atoms with Gasteiger partial charge in [0.05, 0.1) is 24.4 Å². The van der Waals surface area contributed by atoms with Gasteiger partial charge in [0, 0.05) is 11.9 Å². The van der Waals surface area contributed by atoms with E-state index in [4.69, 9.17) is 10.1 Å². The Morgan fingerprint density at radius 2 is 1.92 bits per heavy atom. The number of carboxylic acids is 1. The summed E-state index contributed by atoms with van der Waals surface area (Å²) in [6.07, 6.45) is 7.94. The zero-order valence-electron chi connectivity index (χ0n) is 14.4. The molecule has 1 N–H and O–H groups in total. The number of carboxylic acid groups (broad SMARTS) is 1. The van der Waals surface area contributed by atoms with E-state index in [-0.39, 0.29) is 5.92 Å². The van der Waals surface area contributed by atoms with Crippen molar-refractivity contribution in [2.75, 3.05) is 0 Å². The van der Waals surface area contributed by atoms with E-state index >= 15 is 0 Å². The number of nitrogens with zero attached hydrogens (tertiary/aromatic N) is 4. The first-order valence-electron chi connectivity index (χ1n) is 8.72. The first-order chi connectivity index (χ1) is 11.7. The second-order valence-electron chi connectivity index (χ2n) is 5.98. The van der Waals surface area contributed by atoms with E-state index in [1.807, 2.05) is 38.2 Å². The Hall–Kier alpha value is -2.24. The highest BCUT2D eigenvalue weighted by molar-refractivity contribution is 5.69. The van der Waals surface area contributed by atoms with Crippen molar-refractivity contribution >= 4 is 5.97 Å². The van der Waals surface area contributed by atoms with E-state index in [0.29, 0.717) is 12.5 Å². The lowest BCUT2D eigenvalue weighted by Crippen LogP contribution is -2.22. The van der Waals surface area contributed by atoms with Gasteiger partial charge in [-0.25, -0.2) is 4.68 Å². The molecule has 1 saturated carbocycles. The third kappa shape index (κ3) is 5.15. The topological polar surface area (TPSA) is 80.9 Å². The van der Waals surface area contributed by atoms with Crippen LogP contribution >= 0.6 is 0 Å². The van der Waals surface area contributed by atoms with Gasteiger partial charge in [-0.3, -0.25) is 9.78 Å². The molecule has 0 bridgehead atoms. The molecule has 0 aromatic carbocycles. The number of hydrogen-bond donors (Lipinski definition) is 1. The molecule has 1 aliphatic rings. The summed E-state index contributed by atoms with van der Waals surface area (Å²) < 4.78 is 1.75. The highest BCUT2D eigenvalue weighted by Crippen LogP contribution is 2.30. The number of hydrogen-bond acceptors (Lipinski definition) is 4. The fourth-order valence-electron chi connectivity index (χ4n) is 3.12. The van der Waals surface area contributed by atoms with Crippen molar-refractivity contribution in [1.29, 1.82) is 0 Å². The van der Waals surface area contributed by atoms with Gasteiger partial charge in [0.25, 0.3) is 0 Å². The van der Waals surface area contributed by atoms with Gasteiger partial charge >= 0.3 is 5.97 Å². The van der Waals surface area contributed by atoms with Crippen molar-refractivity contribution in [2.24, 2.45) is 11.8 Å². The highest BCUT2D eigenvalue weighted by Gasteiger charge is 2.26. The maximum absolute atomic E-state index is 11.0. The molecule has 0 amide bonds. The van der Waals surface area contributed by atoms with Gasteiger partial charge in [-0.1, -0.05) is 25.1 Å². The molecule has 0 atom stereocenters. The van der Waals surface area contributed by atoms with Gasteiger partial charge in [0.2, 0.25) is 0 Å². The van der Waals surface area contributed by atoms with Crippen molar-refractivity contribution in [3.8, 4) is 0 Å². The second kappa shape index (κ2) is 9.15. The van der Waals surface area contributed by atoms with Crippen LogP contribution < -0.4 is 0 Å². The molecule has 2 heterocycles. The fraction of sp³-hybridized carbons (Fsp3) is 0.556. The van der Waals surface area contributed by atoms with Crippen LogP contribution in [0.15, 0.2) is 30.6 Å². The Morgan fingerprint density at radius 3 is 2.54 bits per heavy atom. The summed E-state index contributed by atoms with van der Waals surface area (Å²) in [7, 11) is 0. The fourth-order valence-corrected chi connectivity index (χ4v) is 3.12. The molecule has 2 aromatic heterocycles. The molecule has 0 spiro atoms. The zero-order chi connectivity index (χ0) is 17.4. The summed E-state index contributed by atoms with van der Waals surface area (Å²) in [6.45, 7) is 4.62. The molecule has 0 radical (unpaired) electrons. The lowest BCUT2D eigenvalue weighted by Gasteiger charge is -2.25. The van der Waals surface area contributed by atoms with Gasteiger partial charge in [-0.05, 0) is 50.2 Å². The number of aromatic nitrogens is 4. The summed E-state index contributed by atoms with van der Waals surface area (Å²) in [5, 5.41) is 16.8. The van der Waals surface area contributed by atoms with E-state index in [9.17, 15) is 4.79 Å². The third-order valence-electron chi connectivity index (χ3n) is 4.35. The predicted molar refractivity (Wildman–Crippen MR) is 91.5 cm³/mol. The highest BCUT2D eigenvalue weighted by atomic mass is 16.4. The van der Waals surface area contributed by atoms with Crippen molar-refractivity contribution < 1.29 is 9.90 Å². The summed E-state index contributed by atoms with van der Waals surface area (Å²) >= 11 is 0. The Kier molecular flexibility index (Phi) is 6.90. The molecule has 6 nitrogen and oxygen atoms in total. The molecule has 130 valence electrons. The van der Waals surface area contributed by atoms with Gasteiger partial charge in [-0.2, -0.15) is 0 Å². The van der Waals surface area contributed by atoms with E-state index < -0.39 is 5.97 Å². The van der Waals surface area contributed by atoms with Crippen molar-refractivity contribution in [2.45, 2.75) is 52.5 Å². The molecule has 1 fully saturated rings. The lowest BCUT2D eigenvalue weighted by molar-refractivity contribution is -0.143. The average molecular weight is 330 g/mol. The Bertz CT molecular complexity index is 620. The lowest BCUT2D eigenvalue weighted by atomic mass is 9.80. The first kappa shape index (κ1) is 18.1. The van der Waals surface area contributed by atoms with Crippen LogP contribution in [0, 0.1) is 11.8 Å². The van der Waals surface area contributed by atoms with Crippen molar-refractivity contribution in [3.05, 3.63) is 42.0 Å². The summed E-state index contributed by atoms with van der Waals surface area (Å²) in [5.41, 5.74) is 2.05. The normalized spacial score (nSPS) is 20.1. The zero-order valence-corrected chi connectivity index (χ0v) is 14.4. The van der Waals surface area contributed by atoms with Gasteiger partial charge in [0.15, 0.2) is 0 Å². The minimum atomic E-state index is -0.647. The quantitative estimate of drug-likeness (QED) is 0.910. The van der Waals surface area contributed by atoms with Gasteiger partial charge in [-0.15, -0.1) is 5.10 Å². The van der Waals surface area contributed by atoms with E-state index in [2.05, 4.69) is 10.3 Å². The molecule has 3 rings (SSSR count). The number of aliphatic carboxylic acids is 1. The van der Waals surface area contributed by atoms with Crippen LogP contribution in [-0.4, -0.2) is 31.1 Å². The van der Waals surface area contributed by atoms with Gasteiger partial charge < -0.3 is 5.11 Å². The number of rotatable bonds is 5. The number of pyridine rings is 1. The minimum Gasteiger partial charge on any atom is -0.481 e. The third-order valence-corrected chi connectivity index (χ3v) is 4.35. The maximum Gasteiger partial charge on any atom is 0.306 e. The van der Waals surface area contributed by atoms with Crippen LogP contribution in [0.4, 0.5) is 0 Å². The summed E-state index contributed by atoms with van der Waals surface area (Å²) in [5.74, 6) is -0.251. The molecule has 1 aliphatic carbocycles. The van der Waals surface area contributed by atoms with Crippen LogP contribution in [0.3, 0.4) is 0 Å². The summed E-state index contributed by atoms with van der Waals surface area (Å²) in [4.78, 5) is 15.7. The molecular weight excluding hydrogens is 304 g/mol. The smallest absolute Gasteiger partial charge is 0.306 e. The second-order valence-corrected chi connectivity index (χ2v) is 5.98. The van der Waals surface area contributed by atoms with Crippen LogP contribution in [-0.2, 0) is 17.8 Å². The van der Waals surface area contributed by atoms with Crippen LogP contribution in [0.2, 0.25) is 0 Å². The average Bonchev–Trinajstić information content (AvgIpc) is 3.10. The molecule has 0 aliphatic heterocycles. The van der Waals surface area contributed by atoms with Crippen molar-refractivity contribution in [3.63, 3.8) is 0 Å². The van der Waals surface area contributed by atoms with E-state index in [0.717, 1.165) is 43.5 Å². The predicted octanol–water partition coefficient (Wildman–Crippen LogP) is 3.18. The van der Waals surface area contributed by atoms with Crippen LogP contribution in [0.25, 0.3) is 0 Å². The maximum atomic E-state index is 11.0. The van der Waals surface area contributed by atoms with E-state index in [1.165, 1.54) is 0 Å². The van der Waals surface area contributed by atoms with Gasteiger partial charge in [0.1, 0.15) is 0 Å². The Morgan fingerprint density at radius 1 is 1.21 bits per heavy atom. The van der Waals surface area contributed by atoms with Crippen molar-refractivity contribution in [1.82, 2.24) is 20.0 Å². The molecule has 0 unspecified atom stereocenters. The largest absolute Gasteiger partial charge is 0.481 e. The SMILES string of the molecule is CC.O=C(O)C1CCC(Cc2cccc(Cn3ccnn3)n2)CC1.